The number of benzene rings is 4. The normalized spacial score (nSPS) is 15.2. The van der Waals surface area contributed by atoms with Crippen molar-refractivity contribution in [3.05, 3.63) is 129 Å². The number of aryl methyl sites for hydroxylation is 2. The van der Waals surface area contributed by atoms with Crippen LogP contribution in [0.25, 0.3) is 0 Å². The van der Waals surface area contributed by atoms with Gasteiger partial charge in [-0.1, -0.05) is 97.7 Å². The maximum absolute atomic E-state index is 13.6. The fourth-order valence-electron chi connectivity index (χ4n) is 8.61. The Morgan fingerprint density at radius 2 is 1.03 bits per heavy atom. The van der Waals surface area contributed by atoms with Crippen molar-refractivity contribution < 1.29 is 52.5 Å². The van der Waals surface area contributed by atoms with E-state index < -0.39 is 40.8 Å². The van der Waals surface area contributed by atoms with Crippen LogP contribution in [-0.2, 0) is 64.1 Å². The van der Waals surface area contributed by atoms with Gasteiger partial charge in [0.2, 0.25) is 17.7 Å². The molecule has 0 aromatic heterocycles. The Morgan fingerprint density at radius 3 is 1.42 bits per heavy atom. The van der Waals surface area contributed by atoms with E-state index in [1.54, 1.807) is 56.9 Å². The molecule has 1 atom stereocenters. The Morgan fingerprint density at radius 1 is 0.610 bits per heavy atom. The molecule has 2 fully saturated rings. The summed E-state index contributed by atoms with van der Waals surface area (Å²) in [5, 5.41) is 15.0. The third-order valence-corrected chi connectivity index (χ3v) is 14.2. The van der Waals surface area contributed by atoms with E-state index in [1.165, 1.54) is 7.11 Å². The third-order valence-electron chi connectivity index (χ3n) is 13.5. The molecule has 6 amide bonds. The number of alkyl carbamates (subject to hydrolysis) is 1. The highest BCUT2D eigenvalue weighted by molar-refractivity contribution is 6.31. The third kappa shape index (κ3) is 19.0. The molecule has 2 heterocycles. The number of nitrogens with one attached hydrogen (secondary N) is 5. The molecule has 2 saturated heterocycles. The van der Waals surface area contributed by atoms with Gasteiger partial charge in [0.15, 0.2) is 0 Å². The number of esters is 1. The van der Waals surface area contributed by atoms with E-state index in [2.05, 4.69) is 33.5 Å². The van der Waals surface area contributed by atoms with Crippen molar-refractivity contribution in [3.8, 4) is 0 Å². The lowest BCUT2D eigenvalue weighted by molar-refractivity contribution is -0.144. The average Bonchev–Trinajstić information content (AvgIpc) is 3.41. The molecular weight excluding hydrogens is 1030 g/mol. The summed E-state index contributed by atoms with van der Waals surface area (Å²) in [5.74, 6) is -1.13. The van der Waals surface area contributed by atoms with Gasteiger partial charge in [-0.15, -0.1) is 0 Å². The van der Waals surface area contributed by atoms with Crippen molar-refractivity contribution in [2.24, 2.45) is 10.8 Å². The molecule has 20 heteroatoms. The van der Waals surface area contributed by atoms with E-state index in [0.717, 1.165) is 35.1 Å². The van der Waals surface area contributed by atoms with Crippen molar-refractivity contribution in [3.63, 3.8) is 0 Å². The van der Waals surface area contributed by atoms with Crippen LogP contribution in [0.3, 0.4) is 0 Å². The lowest BCUT2D eigenvalue weighted by atomic mass is 9.78. The standard InChI is InChI=1S/C31H41ClN4O6.C26H32ClN3O5/c1-6-22-11-13-24(14-12-22)35-28(39)41-20-31(27(38)33-19-23-9-7-8-10-25(23)32)15-17-36(18-16-31)26(37)21(2)34-29(40)42-30(3,4)5;1-3-19-8-10-21(11-9-19)29-25(33)35-18-26(12-14-30(15-13-26)17-23(31)34-2)24(32)28-16-20-6-4-5-7-22(20)27/h7-14,21H,6,15-20H2,1-5H3,(H,33,38)(H,34,40)(H,35,39);4-11H,3,12-18H2,1-2H3,(H,28,32)(H,29,33)/t21-;/m0./s1. The Labute approximate surface area is 461 Å². The molecule has 0 unspecified atom stereocenters. The van der Waals surface area contributed by atoms with E-state index in [9.17, 15) is 33.6 Å². The number of piperidine rings is 2. The molecule has 2 aliphatic rings. The zero-order valence-corrected chi connectivity index (χ0v) is 46.6. The molecule has 2 aliphatic heterocycles. The second kappa shape index (κ2) is 29.0. The predicted molar refractivity (Wildman–Crippen MR) is 295 cm³/mol. The van der Waals surface area contributed by atoms with Gasteiger partial charge in [0, 0.05) is 47.6 Å². The first-order valence-electron chi connectivity index (χ1n) is 25.8. The minimum Gasteiger partial charge on any atom is -0.468 e. The van der Waals surface area contributed by atoms with Gasteiger partial charge in [-0.05, 0) is 138 Å². The number of hydrogen-bond acceptors (Lipinski definition) is 12. The number of anilines is 2. The van der Waals surface area contributed by atoms with Gasteiger partial charge in [-0.25, -0.2) is 14.4 Å². The Balaban J connectivity index is 0.000000289. The highest BCUT2D eigenvalue weighted by Gasteiger charge is 2.45. The summed E-state index contributed by atoms with van der Waals surface area (Å²) in [6.07, 6.45) is 1.17. The molecule has 0 spiro atoms. The van der Waals surface area contributed by atoms with E-state index in [-0.39, 0.29) is 82.5 Å². The van der Waals surface area contributed by atoms with E-state index in [1.807, 2.05) is 84.6 Å². The van der Waals surface area contributed by atoms with E-state index >= 15 is 0 Å². The van der Waals surface area contributed by atoms with Crippen LogP contribution in [-0.4, -0.2) is 116 Å². The smallest absolute Gasteiger partial charge is 0.411 e. The van der Waals surface area contributed by atoms with E-state index in [0.29, 0.717) is 47.4 Å². The fraction of sp³-hybridized carbons (Fsp3) is 0.456. The number of methoxy groups -OCH3 is 1. The summed E-state index contributed by atoms with van der Waals surface area (Å²) >= 11 is 12.5. The first-order chi connectivity index (χ1) is 36.7. The van der Waals surface area contributed by atoms with Gasteiger partial charge in [0.1, 0.15) is 24.9 Å². The van der Waals surface area contributed by atoms with Gasteiger partial charge in [0.25, 0.3) is 0 Å². The Hall–Kier alpha value is -6.89. The van der Waals surface area contributed by atoms with Gasteiger partial charge in [-0.2, -0.15) is 0 Å². The summed E-state index contributed by atoms with van der Waals surface area (Å²) in [7, 11) is 1.35. The quantitative estimate of drug-likeness (QED) is 0.0465. The molecule has 6 rings (SSSR count). The number of hydrogen-bond donors (Lipinski definition) is 5. The minimum atomic E-state index is -1.07. The molecule has 4 aromatic rings. The molecule has 77 heavy (non-hydrogen) atoms. The maximum atomic E-state index is 13.6. The number of carbonyl (C=O) groups is 7. The van der Waals surface area contributed by atoms with Crippen LogP contribution in [0.2, 0.25) is 10.0 Å². The number of amides is 6. The highest BCUT2D eigenvalue weighted by Crippen LogP contribution is 2.35. The van der Waals surface area contributed by atoms with Gasteiger partial charge >= 0.3 is 24.2 Å². The first-order valence-corrected chi connectivity index (χ1v) is 26.6. The minimum absolute atomic E-state index is 0.0771. The summed E-state index contributed by atoms with van der Waals surface area (Å²) in [6.45, 7) is 12.8. The summed E-state index contributed by atoms with van der Waals surface area (Å²) in [6, 6.07) is 28.6. The predicted octanol–water partition coefficient (Wildman–Crippen LogP) is 9.31. The van der Waals surface area contributed by atoms with Crippen molar-refractivity contribution in [2.75, 3.05) is 63.7 Å². The average molecular weight is 1100 g/mol. The number of halogens is 2. The SMILES string of the molecule is CCc1ccc(NC(=O)OCC2(C(=O)NCc3ccccc3Cl)CCN(C(=O)[C@H](C)NC(=O)OC(C)(C)C)CC2)cc1.CCc1ccc(NC(=O)OCC2(C(=O)NCc3ccccc3Cl)CCN(CC(=O)OC)CC2)cc1. The summed E-state index contributed by atoms with van der Waals surface area (Å²) in [5.41, 5.74) is 2.39. The molecule has 4 aromatic carbocycles. The van der Waals surface area contributed by atoms with E-state index in [4.69, 9.17) is 42.1 Å². The summed E-state index contributed by atoms with van der Waals surface area (Å²) in [4.78, 5) is 92.5. The second-order valence-corrected chi connectivity index (χ2v) is 21.0. The molecule has 0 radical (unpaired) electrons. The van der Waals surface area contributed by atoms with Crippen LogP contribution >= 0.6 is 23.2 Å². The lowest BCUT2D eigenvalue weighted by Gasteiger charge is -2.40. The molecule has 0 saturated carbocycles. The zero-order valence-electron chi connectivity index (χ0n) is 45.1. The van der Waals surface area contributed by atoms with Crippen molar-refractivity contribution in [1.82, 2.24) is 25.8 Å². The zero-order chi connectivity index (χ0) is 56.2. The second-order valence-electron chi connectivity index (χ2n) is 20.2. The molecule has 416 valence electrons. The number of ether oxygens (including phenoxy) is 4. The molecular formula is C57H73Cl2N7O11. The van der Waals surface area contributed by atoms with Gasteiger partial charge in [-0.3, -0.25) is 34.7 Å². The van der Waals surface area contributed by atoms with Crippen LogP contribution in [0.15, 0.2) is 97.1 Å². The van der Waals surface area contributed by atoms with Crippen LogP contribution in [0.4, 0.5) is 25.8 Å². The van der Waals surface area contributed by atoms with Crippen molar-refractivity contribution >= 4 is 76.5 Å². The van der Waals surface area contributed by atoms with Gasteiger partial charge < -0.3 is 39.8 Å². The molecule has 0 bridgehead atoms. The highest BCUT2D eigenvalue weighted by atomic mass is 35.5. The lowest BCUT2D eigenvalue weighted by Crippen LogP contribution is -2.55. The van der Waals surface area contributed by atoms with Crippen LogP contribution in [0.5, 0.6) is 0 Å². The van der Waals surface area contributed by atoms with Crippen molar-refractivity contribution in [2.45, 2.75) is 105 Å². The fourth-order valence-corrected chi connectivity index (χ4v) is 9.01. The monoisotopic (exact) mass is 1100 g/mol. The van der Waals surface area contributed by atoms with Crippen LogP contribution < -0.4 is 26.6 Å². The summed E-state index contributed by atoms with van der Waals surface area (Å²) < 4.78 is 21.1. The van der Waals surface area contributed by atoms with Crippen LogP contribution in [0.1, 0.15) is 89.5 Å². The topological polar surface area (TPSA) is 223 Å². The number of carbonyl (C=O) groups excluding carboxylic acids is 7. The van der Waals surface area contributed by atoms with Crippen LogP contribution in [0, 0.1) is 10.8 Å². The molecule has 0 aliphatic carbocycles. The largest absolute Gasteiger partial charge is 0.468 e. The Bertz CT molecular complexity index is 2630. The molecule has 5 N–H and O–H groups in total. The first kappa shape index (κ1) is 61.0. The number of rotatable bonds is 18. The Kier molecular flexibility index (Phi) is 23.0. The molecule has 18 nitrogen and oxygen atoms in total. The maximum Gasteiger partial charge on any atom is 0.411 e. The van der Waals surface area contributed by atoms with Gasteiger partial charge in [0.05, 0.1) is 24.5 Å². The number of likely N-dealkylation sites (tertiary alicyclic amines) is 2. The number of nitrogens with zero attached hydrogens (tertiary/aromatic N) is 2. The van der Waals surface area contributed by atoms with Crippen molar-refractivity contribution in [1.29, 1.82) is 0 Å².